The van der Waals surface area contributed by atoms with Crippen LogP contribution in [-0.4, -0.2) is 15.2 Å². The number of hydrogen-bond donors (Lipinski definition) is 2. The highest BCUT2D eigenvalue weighted by atomic mass is 19.4. The largest absolute Gasteiger partial charge is 0.508 e. The van der Waals surface area contributed by atoms with Gasteiger partial charge in [0.2, 0.25) is 0 Å². The molecule has 2 N–H and O–H groups in total. The maximum atomic E-state index is 13.7. The first kappa shape index (κ1) is 19.2. The molecule has 154 valence electrons. The van der Waals surface area contributed by atoms with Crippen LogP contribution in [0.25, 0.3) is 33.6 Å². The van der Waals surface area contributed by atoms with Gasteiger partial charge in [-0.1, -0.05) is 42.5 Å². The fourth-order valence-electron chi connectivity index (χ4n) is 4.12. The summed E-state index contributed by atoms with van der Waals surface area (Å²) in [5.74, 6) is 0.224. The summed E-state index contributed by atoms with van der Waals surface area (Å²) in [6.45, 7) is 0. The van der Waals surface area contributed by atoms with Gasteiger partial charge in [0.25, 0.3) is 0 Å². The normalized spacial score (nSPS) is 12.5. The summed E-state index contributed by atoms with van der Waals surface area (Å²) in [7, 11) is 0. The molecule has 1 aliphatic rings. The van der Waals surface area contributed by atoms with Crippen molar-refractivity contribution in [3.8, 4) is 45.1 Å². The Kier molecular flexibility index (Phi) is 4.25. The van der Waals surface area contributed by atoms with Crippen molar-refractivity contribution in [2.45, 2.75) is 12.6 Å². The van der Waals surface area contributed by atoms with Crippen LogP contribution in [0, 0.1) is 0 Å². The zero-order valence-electron chi connectivity index (χ0n) is 16.1. The number of nitrogens with zero attached hydrogens (tertiary/aromatic N) is 1. The van der Waals surface area contributed by atoms with E-state index in [9.17, 15) is 23.4 Å². The fraction of sp³-hybridized carbons (Fsp3) is 0.0800. The van der Waals surface area contributed by atoms with Gasteiger partial charge in [0.15, 0.2) is 0 Å². The first-order chi connectivity index (χ1) is 14.8. The second-order valence-electron chi connectivity index (χ2n) is 7.45. The van der Waals surface area contributed by atoms with Crippen molar-refractivity contribution in [1.82, 2.24) is 4.98 Å². The summed E-state index contributed by atoms with van der Waals surface area (Å²) >= 11 is 0. The van der Waals surface area contributed by atoms with Crippen LogP contribution in [-0.2, 0) is 12.6 Å². The highest BCUT2D eigenvalue weighted by Gasteiger charge is 2.34. The molecule has 4 aromatic rings. The average Bonchev–Trinajstić information content (AvgIpc) is 3.13. The minimum atomic E-state index is -4.52. The number of aromatic hydroxyl groups is 2. The lowest BCUT2D eigenvalue weighted by Gasteiger charge is -2.16. The first-order valence-electron chi connectivity index (χ1n) is 9.64. The number of aromatic nitrogens is 1. The monoisotopic (exact) mass is 419 g/mol. The van der Waals surface area contributed by atoms with Gasteiger partial charge in [0, 0.05) is 23.1 Å². The molecule has 0 aliphatic heterocycles. The van der Waals surface area contributed by atoms with Crippen molar-refractivity contribution in [1.29, 1.82) is 0 Å². The molecule has 5 rings (SSSR count). The van der Waals surface area contributed by atoms with Crippen molar-refractivity contribution in [2.75, 3.05) is 0 Å². The molecule has 0 unspecified atom stereocenters. The van der Waals surface area contributed by atoms with E-state index in [0.717, 1.165) is 17.2 Å². The molecular formula is C25H16F3NO2. The van der Waals surface area contributed by atoms with Crippen molar-refractivity contribution in [3.05, 3.63) is 89.5 Å². The Hall–Kier alpha value is -3.80. The molecule has 3 aromatic carbocycles. The quantitative estimate of drug-likeness (QED) is 0.347. The molecule has 1 aliphatic carbocycles. The molecule has 6 heteroatoms. The summed E-state index contributed by atoms with van der Waals surface area (Å²) in [5.41, 5.74) is 3.69. The number of phenols is 2. The molecule has 0 saturated carbocycles. The average molecular weight is 419 g/mol. The van der Waals surface area contributed by atoms with E-state index in [1.54, 1.807) is 36.4 Å². The van der Waals surface area contributed by atoms with Crippen molar-refractivity contribution < 1.29 is 23.4 Å². The molecule has 0 saturated heterocycles. The molecule has 31 heavy (non-hydrogen) atoms. The Morgan fingerprint density at radius 1 is 0.742 bits per heavy atom. The topological polar surface area (TPSA) is 53.4 Å². The van der Waals surface area contributed by atoms with Crippen LogP contribution in [0.4, 0.5) is 13.2 Å². The number of alkyl halides is 3. The summed E-state index contributed by atoms with van der Waals surface area (Å²) in [4.78, 5) is 4.62. The van der Waals surface area contributed by atoms with E-state index in [1.807, 2.05) is 6.07 Å². The van der Waals surface area contributed by atoms with Gasteiger partial charge in [-0.3, -0.25) is 0 Å². The van der Waals surface area contributed by atoms with Crippen LogP contribution in [0.3, 0.4) is 0 Å². The number of rotatable bonds is 2. The van der Waals surface area contributed by atoms with Gasteiger partial charge in [0.05, 0.1) is 17.0 Å². The van der Waals surface area contributed by atoms with Gasteiger partial charge < -0.3 is 10.2 Å². The molecule has 0 radical (unpaired) electrons. The lowest BCUT2D eigenvalue weighted by molar-refractivity contribution is -0.137. The van der Waals surface area contributed by atoms with Crippen LogP contribution in [0.2, 0.25) is 0 Å². The van der Waals surface area contributed by atoms with E-state index in [0.29, 0.717) is 28.8 Å². The fourth-order valence-corrected chi connectivity index (χ4v) is 4.12. The molecule has 3 nitrogen and oxygen atoms in total. The highest BCUT2D eigenvalue weighted by Crippen LogP contribution is 2.46. The minimum Gasteiger partial charge on any atom is -0.508 e. The van der Waals surface area contributed by atoms with Gasteiger partial charge >= 0.3 is 6.18 Å². The Morgan fingerprint density at radius 2 is 1.45 bits per heavy atom. The van der Waals surface area contributed by atoms with Crippen LogP contribution < -0.4 is 0 Å². The third-order valence-corrected chi connectivity index (χ3v) is 5.57. The van der Waals surface area contributed by atoms with Crippen LogP contribution in [0.15, 0.2) is 72.8 Å². The van der Waals surface area contributed by atoms with Crippen LogP contribution in [0.5, 0.6) is 11.5 Å². The van der Waals surface area contributed by atoms with Gasteiger partial charge in [-0.05, 0) is 47.0 Å². The van der Waals surface area contributed by atoms with Crippen molar-refractivity contribution in [3.63, 3.8) is 0 Å². The number of phenolic OH excluding ortho intramolecular Hbond substituents is 2. The predicted octanol–water partition coefficient (Wildman–Crippen LogP) is 6.42. The van der Waals surface area contributed by atoms with Gasteiger partial charge in [-0.2, -0.15) is 13.2 Å². The lowest BCUT2D eigenvalue weighted by Crippen LogP contribution is -2.07. The van der Waals surface area contributed by atoms with E-state index in [2.05, 4.69) is 4.98 Å². The predicted molar refractivity (Wildman–Crippen MR) is 112 cm³/mol. The van der Waals surface area contributed by atoms with Gasteiger partial charge in [-0.15, -0.1) is 0 Å². The molecule has 0 amide bonds. The number of benzene rings is 3. The highest BCUT2D eigenvalue weighted by molar-refractivity contribution is 5.87. The van der Waals surface area contributed by atoms with Gasteiger partial charge in [-0.25, -0.2) is 4.98 Å². The molecule has 0 bridgehead atoms. The zero-order chi connectivity index (χ0) is 21.8. The zero-order valence-corrected chi connectivity index (χ0v) is 16.1. The maximum Gasteiger partial charge on any atom is 0.417 e. The SMILES string of the molecule is Oc1ccc(-c2cc(-c3ccccc3C(F)(F)F)nc3c2Cc2c(O)cccc2-3)cc1. The molecular weight excluding hydrogens is 403 g/mol. The molecule has 1 heterocycles. The van der Waals surface area contributed by atoms with Crippen LogP contribution in [0.1, 0.15) is 16.7 Å². The third kappa shape index (κ3) is 3.20. The summed E-state index contributed by atoms with van der Waals surface area (Å²) in [6.07, 6.45) is -4.10. The number of halogens is 3. The Morgan fingerprint density at radius 3 is 2.19 bits per heavy atom. The van der Waals surface area contributed by atoms with Crippen molar-refractivity contribution >= 4 is 0 Å². The molecule has 0 fully saturated rings. The molecule has 0 atom stereocenters. The number of fused-ring (bicyclic) bond motifs is 3. The van der Waals surface area contributed by atoms with E-state index in [-0.39, 0.29) is 22.8 Å². The van der Waals surface area contributed by atoms with Crippen LogP contribution >= 0.6 is 0 Å². The lowest BCUT2D eigenvalue weighted by atomic mass is 9.94. The van der Waals surface area contributed by atoms with E-state index in [4.69, 9.17) is 0 Å². The maximum absolute atomic E-state index is 13.7. The van der Waals surface area contributed by atoms with E-state index in [1.165, 1.54) is 24.3 Å². The number of pyridine rings is 1. The smallest absolute Gasteiger partial charge is 0.417 e. The van der Waals surface area contributed by atoms with Gasteiger partial charge in [0.1, 0.15) is 11.5 Å². The summed E-state index contributed by atoms with van der Waals surface area (Å²) in [5, 5.41) is 20.0. The van der Waals surface area contributed by atoms with E-state index < -0.39 is 11.7 Å². The number of hydrogen-bond acceptors (Lipinski definition) is 3. The second-order valence-corrected chi connectivity index (χ2v) is 7.45. The summed E-state index contributed by atoms with van der Waals surface area (Å²) in [6, 6.07) is 18.6. The Labute approximate surface area is 176 Å². The first-order valence-corrected chi connectivity index (χ1v) is 9.64. The standard InChI is InChI=1S/C25H16F3NO2/c26-25(27,28)21-6-2-1-4-17(21)22-13-18(14-8-10-15(30)11-9-14)20-12-19-16(24(20)29-22)5-3-7-23(19)31/h1-11,13,30-31H,12H2. The van der Waals surface area contributed by atoms with Crippen molar-refractivity contribution in [2.24, 2.45) is 0 Å². The Balaban J connectivity index is 1.81. The molecule has 0 spiro atoms. The minimum absolute atomic E-state index is 0.00793. The Bertz CT molecular complexity index is 1310. The van der Waals surface area contributed by atoms with E-state index >= 15 is 0 Å². The molecule has 1 aromatic heterocycles. The summed E-state index contributed by atoms with van der Waals surface area (Å²) < 4.78 is 41.0. The second kappa shape index (κ2) is 6.87. The third-order valence-electron chi connectivity index (χ3n) is 5.57.